The molecular formula is C19H27N3O4S. The van der Waals surface area contributed by atoms with E-state index in [0.717, 1.165) is 29.6 Å². The summed E-state index contributed by atoms with van der Waals surface area (Å²) in [5, 5.41) is 5.61. The number of thioether (sulfide) groups is 1. The predicted octanol–water partition coefficient (Wildman–Crippen LogP) is 3.41. The summed E-state index contributed by atoms with van der Waals surface area (Å²) in [7, 11) is 7.15. The van der Waals surface area contributed by atoms with Crippen molar-refractivity contribution < 1.29 is 18.7 Å². The van der Waals surface area contributed by atoms with Crippen molar-refractivity contribution in [3.8, 4) is 11.5 Å². The number of amides is 2. The third kappa shape index (κ3) is 7.07. The van der Waals surface area contributed by atoms with Gasteiger partial charge in [0.1, 0.15) is 23.0 Å². The second-order valence-electron chi connectivity index (χ2n) is 6.11. The van der Waals surface area contributed by atoms with Gasteiger partial charge in [-0.05, 0) is 38.4 Å². The lowest BCUT2D eigenvalue weighted by Crippen LogP contribution is -2.30. The number of carbonyl (C=O) groups is 1. The third-order valence-electron chi connectivity index (χ3n) is 3.62. The SMILES string of the molecule is COc1ccc(OC)c(NC(=O)NCCSCc2ccc(CN(C)C)o2)c1. The Labute approximate surface area is 164 Å². The molecule has 0 radical (unpaired) electrons. The summed E-state index contributed by atoms with van der Waals surface area (Å²) in [6, 6.07) is 8.96. The van der Waals surface area contributed by atoms with Gasteiger partial charge in [0.25, 0.3) is 0 Å². The molecule has 0 unspecified atom stereocenters. The first kappa shape index (κ1) is 21.0. The van der Waals surface area contributed by atoms with E-state index in [9.17, 15) is 4.79 Å². The predicted molar refractivity (Wildman–Crippen MR) is 109 cm³/mol. The van der Waals surface area contributed by atoms with Crippen LogP contribution < -0.4 is 20.1 Å². The van der Waals surface area contributed by atoms with Crippen molar-refractivity contribution in [1.82, 2.24) is 10.2 Å². The minimum Gasteiger partial charge on any atom is -0.497 e. The van der Waals surface area contributed by atoms with Gasteiger partial charge >= 0.3 is 6.03 Å². The van der Waals surface area contributed by atoms with Crippen LogP contribution in [0.4, 0.5) is 10.5 Å². The molecule has 1 aromatic heterocycles. The quantitative estimate of drug-likeness (QED) is 0.603. The molecule has 27 heavy (non-hydrogen) atoms. The van der Waals surface area contributed by atoms with E-state index in [1.807, 2.05) is 26.2 Å². The van der Waals surface area contributed by atoms with Crippen LogP contribution in [0.2, 0.25) is 0 Å². The lowest BCUT2D eigenvalue weighted by Gasteiger charge is -2.12. The van der Waals surface area contributed by atoms with Crippen molar-refractivity contribution in [2.24, 2.45) is 0 Å². The van der Waals surface area contributed by atoms with Gasteiger partial charge < -0.3 is 29.4 Å². The van der Waals surface area contributed by atoms with Gasteiger partial charge in [0.15, 0.2) is 0 Å². The number of urea groups is 1. The standard InChI is InChI=1S/C19H27N3O4S/c1-22(2)12-15-5-6-16(26-15)13-27-10-9-20-19(23)21-17-11-14(24-3)7-8-18(17)25-4/h5-8,11H,9-10,12-13H2,1-4H3,(H2,20,21,23). The fourth-order valence-corrected chi connectivity index (χ4v) is 3.13. The summed E-state index contributed by atoms with van der Waals surface area (Å²) in [6.07, 6.45) is 0. The van der Waals surface area contributed by atoms with Crippen molar-refractivity contribution in [2.75, 3.05) is 45.9 Å². The Morgan fingerprint density at radius 3 is 2.63 bits per heavy atom. The second kappa shape index (κ2) is 10.7. The minimum atomic E-state index is -0.284. The number of nitrogens with one attached hydrogen (secondary N) is 2. The van der Waals surface area contributed by atoms with Crippen LogP contribution in [0, 0.1) is 0 Å². The number of ether oxygens (including phenoxy) is 2. The van der Waals surface area contributed by atoms with Crippen molar-refractivity contribution in [1.29, 1.82) is 0 Å². The largest absolute Gasteiger partial charge is 0.497 e. The average Bonchev–Trinajstić information content (AvgIpc) is 3.07. The van der Waals surface area contributed by atoms with Crippen LogP contribution in [-0.4, -0.2) is 51.5 Å². The molecule has 0 aliphatic heterocycles. The van der Waals surface area contributed by atoms with Gasteiger partial charge in [0, 0.05) is 18.4 Å². The summed E-state index contributed by atoms with van der Waals surface area (Å²) in [4.78, 5) is 14.1. The Morgan fingerprint density at radius 2 is 1.93 bits per heavy atom. The van der Waals surface area contributed by atoms with Crippen molar-refractivity contribution in [2.45, 2.75) is 12.3 Å². The van der Waals surface area contributed by atoms with E-state index in [4.69, 9.17) is 13.9 Å². The lowest BCUT2D eigenvalue weighted by atomic mass is 10.2. The average molecular weight is 394 g/mol. The number of hydrogen-bond acceptors (Lipinski definition) is 6. The summed E-state index contributed by atoms with van der Waals surface area (Å²) in [6.45, 7) is 1.34. The monoisotopic (exact) mass is 393 g/mol. The van der Waals surface area contributed by atoms with E-state index in [-0.39, 0.29) is 6.03 Å². The van der Waals surface area contributed by atoms with Crippen molar-refractivity contribution in [3.63, 3.8) is 0 Å². The number of hydrogen-bond donors (Lipinski definition) is 2. The number of anilines is 1. The van der Waals surface area contributed by atoms with E-state index in [0.29, 0.717) is 23.7 Å². The number of furan rings is 1. The number of rotatable bonds is 10. The van der Waals surface area contributed by atoms with Gasteiger partial charge in [-0.15, -0.1) is 0 Å². The molecule has 0 aliphatic rings. The Bertz CT molecular complexity index is 733. The normalized spacial score (nSPS) is 10.7. The molecule has 2 amide bonds. The molecule has 148 valence electrons. The van der Waals surface area contributed by atoms with Gasteiger partial charge in [-0.3, -0.25) is 0 Å². The van der Waals surface area contributed by atoms with E-state index >= 15 is 0 Å². The molecule has 0 spiro atoms. The van der Waals surface area contributed by atoms with Crippen LogP contribution in [0.25, 0.3) is 0 Å². The summed E-state index contributed by atoms with van der Waals surface area (Å²) >= 11 is 1.71. The van der Waals surface area contributed by atoms with Gasteiger partial charge in [-0.25, -0.2) is 4.79 Å². The number of methoxy groups -OCH3 is 2. The Morgan fingerprint density at radius 1 is 1.15 bits per heavy atom. The Kier molecular flexibility index (Phi) is 8.35. The lowest BCUT2D eigenvalue weighted by molar-refractivity contribution is 0.252. The molecule has 7 nitrogen and oxygen atoms in total. The fraction of sp³-hybridized carbons (Fsp3) is 0.421. The fourth-order valence-electron chi connectivity index (χ4n) is 2.38. The number of nitrogens with zero attached hydrogens (tertiary/aromatic N) is 1. The zero-order valence-electron chi connectivity index (χ0n) is 16.2. The van der Waals surface area contributed by atoms with Gasteiger partial charge in [-0.1, -0.05) is 0 Å². The highest BCUT2D eigenvalue weighted by molar-refractivity contribution is 7.98. The number of carbonyl (C=O) groups excluding carboxylic acids is 1. The molecule has 0 saturated heterocycles. The van der Waals surface area contributed by atoms with Crippen LogP contribution >= 0.6 is 11.8 Å². The highest BCUT2D eigenvalue weighted by atomic mass is 32.2. The first-order valence-corrected chi connectivity index (χ1v) is 9.74. The zero-order chi connectivity index (χ0) is 19.6. The molecule has 8 heteroatoms. The topological polar surface area (TPSA) is 76.0 Å². The van der Waals surface area contributed by atoms with Gasteiger partial charge in [-0.2, -0.15) is 11.8 Å². The molecule has 2 aromatic rings. The van der Waals surface area contributed by atoms with Gasteiger partial charge in [0.05, 0.1) is 32.2 Å². The highest BCUT2D eigenvalue weighted by Crippen LogP contribution is 2.28. The van der Waals surface area contributed by atoms with Crippen LogP contribution in [0.15, 0.2) is 34.7 Å². The van der Waals surface area contributed by atoms with Crippen molar-refractivity contribution in [3.05, 3.63) is 41.9 Å². The zero-order valence-corrected chi connectivity index (χ0v) is 17.0. The molecule has 1 aromatic carbocycles. The van der Waals surface area contributed by atoms with E-state index in [2.05, 4.69) is 15.5 Å². The summed E-state index contributed by atoms with van der Waals surface area (Å²) in [5.74, 6) is 4.69. The molecule has 0 bridgehead atoms. The minimum absolute atomic E-state index is 0.284. The smallest absolute Gasteiger partial charge is 0.319 e. The first-order valence-electron chi connectivity index (χ1n) is 8.58. The Balaban J connectivity index is 1.70. The highest BCUT2D eigenvalue weighted by Gasteiger charge is 2.09. The third-order valence-corrected chi connectivity index (χ3v) is 4.60. The van der Waals surface area contributed by atoms with E-state index in [1.54, 1.807) is 44.2 Å². The van der Waals surface area contributed by atoms with E-state index < -0.39 is 0 Å². The maximum absolute atomic E-state index is 12.1. The molecule has 2 N–H and O–H groups in total. The molecule has 0 saturated carbocycles. The first-order chi connectivity index (χ1) is 13.0. The van der Waals surface area contributed by atoms with Crippen LogP contribution in [-0.2, 0) is 12.3 Å². The summed E-state index contributed by atoms with van der Waals surface area (Å²) in [5.41, 5.74) is 0.561. The van der Waals surface area contributed by atoms with Crippen molar-refractivity contribution >= 4 is 23.5 Å². The number of benzene rings is 1. The van der Waals surface area contributed by atoms with Crippen LogP contribution in [0.3, 0.4) is 0 Å². The van der Waals surface area contributed by atoms with Gasteiger partial charge in [0.2, 0.25) is 0 Å². The molecule has 0 aliphatic carbocycles. The van der Waals surface area contributed by atoms with Crippen LogP contribution in [0.5, 0.6) is 11.5 Å². The Hall–Kier alpha value is -2.32. The molecule has 2 rings (SSSR count). The molecule has 1 heterocycles. The maximum atomic E-state index is 12.1. The maximum Gasteiger partial charge on any atom is 0.319 e. The van der Waals surface area contributed by atoms with Crippen LogP contribution in [0.1, 0.15) is 11.5 Å². The molecular weight excluding hydrogens is 366 g/mol. The van der Waals surface area contributed by atoms with E-state index in [1.165, 1.54) is 0 Å². The molecule has 0 atom stereocenters. The molecule has 0 fully saturated rings. The summed E-state index contributed by atoms with van der Waals surface area (Å²) < 4.78 is 16.2. The second-order valence-corrected chi connectivity index (χ2v) is 7.21.